The number of pyridine rings is 1. The average Bonchev–Trinajstić information content (AvgIpc) is 2.32. The second kappa shape index (κ2) is 4.78. The van der Waals surface area contributed by atoms with Crippen LogP contribution in [0.3, 0.4) is 0 Å². The SMILES string of the molecule is COc1cccc(-c2cc(F)ccc2I)n1. The van der Waals surface area contributed by atoms with Gasteiger partial charge in [0.2, 0.25) is 5.88 Å². The van der Waals surface area contributed by atoms with Gasteiger partial charge in [-0.1, -0.05) is 6.07 Å². The van der Waals surface area contributed by atoms with Crippen molar-refractivity contribution >= 4 is 22.6 Å². The van der Waals surface area contributed by atoms with E-state index in [1.807, 2.05) is 12.1 Å². The summed E-state index contributed by atoms with van der Waals surface area (Å²) in [5.74, 6) is 0.262. The summed E-state index contributed by atoms with van der Waals surface area (Å²) in [6.07, 6.45) is 0. The Labute approximate surface area is 107 Å². The van der Waals surface area contributed by atoms with Crippen LogP contribution in [0.25, 0.3) is 11.3 Å². The smallest absolute Gasteiger partial charge is 0.213 e. The molecule has 16 heavy (non-hydrogen) atoms. The first-order valence-electron chi connectivity index (χ1n) is 4.67. The molecule has 2 nitrogen and oxygen atoms in total. The molecule has 1 heterocycles. The van der Waals surface area contributed by atoms with Crippen LogP contribution in [0.15, 0.2) is 36.4 Å². The zero-order valence-corrected chi connectivity index (χ0v) is 10.7. The molecule has 0 aliphatic rings. The highest BCUT2D eigenvalue weighted by Gasteiger charge is 2.06. The van der Waals surface area contributed by atoms with Crippen LogP contribution in [-0.4, -0.2) is 12.1 Å². The molecule has 2 rings (SSSR count). The Morgan fingerprint density at radius 3 is 2.81 bits per heavy atom. The van der Waals surface area contributed by atoms with Crippen LogP contribution in [0.4, 0.5) is 4.39 Å². The lowest BCUT2D eigenvalue weighted by Crippen LogP contribution is -1.91. The summed E-state index contributed by atoms with van der Waals surface area (Å²) in [7, 11) is 1.56. The molecule has 1 aromatic heterocycles. The molecular formula is C12H9FINO. The van der Waals surface area contributed by atoms with Crippen LogP contribution in [0.2, 0.25) is 0 Å². The van der Waals surface area contributed by atoms with E-state index in [0.717, 1.165) is 9.13 Å². The Morgan fingerprint density at radius 2 is 2.06 bits per heavy atom. The average molecular weight is 329 g/mol. The molecule has 0 unspecified atom stereocenters. The molecule has 0 saturated carbocycles. The molecule has 0 radical (unpaired) electrons. The molecule has 0 amide bonds. The molecule has 0 spiro atoms. The minimum absolute atomic E-state index is 0.264. The van der Waals surface area contributed by atoms with Gasteiger partial charge in [-0.05, 0) is 46.9 Å². The molecule has 4 heteroatoms. The van der Waals surface area contributed by atoms with E-state index in [1.165, 1.54) is 12.1 Å². The van der Waals surface area contributed by atoms with Gasteiger partial charge in [-0.15, -0.1) is 0 Å². The third-order valence-electron chi connectivity index (χ3n) is 2.14. The zero-order chi connectivity index (χ0) is 11.5. The quantitative estimate of drug-likeness (QED) is 0.787. The number of hydrogen-bond donors (Lipinski definition) is 0. The predicted octanol–water partition coefficient (Wildman–Crippen LogP) is 3.50. The summed E-state index contributed by atoms with van der Waals surface area (Å²) in [4.78, 5) is 4.27. The largest absolute Gasteiger partial charge is 0.481 e. The van der Waals surface area contributed by atoms with Crippen molar-refractivity contribution < 1.29 is 9.13 Å². The van der Waals surface area contributed by atoms with E-state index in [2.05, 4.69) is 27.6 Å². The van der Waals surface area contributed by atoms with E-state index in [0.29, 0.717) is 11.6 Å². The molecule has 0 N–H and O–H groups in total. The Kier molecular flexibility index (Phi) is 3.38. The van der Waals surface area contributed by atoms with Crippen molar-refractivity contribution in [2.24, 2.45) is 0 Å². The van der Waals surface area contributed by atoms with Crippen LogP contribution >= 0.6 is 22.6 Å². The van der Waals surface area contributed by atoms with E-state index in [-0.39, 0.29) is 5.82 Å². The number of benzene rings is 1. The van der Waals surface area contributed by atoms with Crippen LogP contribution in [-0.2, 0) is 0 Å². The van der Waals surface area contributed by atoms with Crippen molar-refractivity contribution in [3.05, 3.63) is 45.8 Å². The highest BCUT2D eigenvalue weighted by Crippen LogP contribution is 2.25. The van der Waals surface area contributed by atoms with Gasteiger partial charge in [0.15, 0.2) is 0 Å². The lowest BCUT2D eigenvalue weighted by Gasteiger charge is -2.05. The van der Waals surface area contributed by atoms with Gasteiger partial charge in [-0.2, -0.15) is 0 Å². The minimum Gasteiger partial charge on any atom is -0.481 e. The topological polar surface area (TPSA) is 22.1 Å². The molecule has 0 aliphatic heterocycles. The van der Waals surface area contributed by atoms with E-state index < -0.39 is 0 Å². The normalized spacial score (nSPS) is 10.2. The summed E-state index contributed by atoms with van der Waals surface area (Å²) >= 11 is 2.16. The number of methoxy groups -OCH3 is 1. The van der Waals surface area contributed by atoms with E-state index in [4.69, 9.17) is 4.74 Å². The summed E-state index contributed by atoms with van der Waals surface area (Å²) < 4.78 is 19.2. The van der Waals surface area contributed by atoms with Crippen LogP contribution in [0.1, 0.15) is 0 Å². The molecule has 2 aromatic rings. The number of ether oxygens (including phenoxy) is 1. The third-order valence-corrected chi connectivity index (χ3v) is 3.08. The van der Waals surface area contributed by atoms with Gasteiger partial charge in [0.05, 0.1) is 12.8 Å². The van der Waals surface area contributed by atoms with Gasteiger partial charge in [0.25, 0.3) is 0 Å². The first-order valence-corrected chi connectivity index (χ1v) is 5.75. The Morgan fingerprint density at radius 1 is 1.25 bits per heavy atom. The fraction of sp³-hybridized carbons (Fsp3) is 0.0833. The number of halogens is 2. The fourth-order valence-electron chi connectivity index (χ4n) is 1.37. The summed E-state index contributed by atoms with van der Waals surface area (Å²) in [6.45, 7) is 0. The number of rotatable bonds is 2. The molecular weight excluding hydrogens is 320 g/mol. The van der Waals surface area contributed by atoms with Crippen LogP contribution in [0.5, 0.6) is 5.88 Å². The van der Waals surface area contributed by atoms with Crippen LogP contribution in [0, 0.1) is 9.39 Å². The molecule has 82 valence electrons. The Hall–Kier alpha value is -1.17. The maximum Gasteiger partial charge on any atom is 0.213 e. The van der Waals surface area contributed by atoms with Gasteiger partial charge in [0, 0.05) is 15.2 Å². The van der Waals surface area contributed by atoms with Crippen molar-refractivity contribution in [3.63, 3.8) is 0 Å². The monoisotopic (exact) mass is 329 g/mol. The van der Waals surface area contributed by atoms with Crippen molar-refractivity contribution in [2.45, 2.75) is 0 Å². The molecule has 0 fully saturated rings. The van der Waals surface area contributed by atoms with Crippen molar-refractivity contribution in [1.29, 1.82) is 0 Å². The molecule has 0 atom stereocenters. The van der Waals surface area contributed by atoms with E-state index >= 15 is 0 Å². The molecule has 0 bridgehead atoms. The lowest BCUT2D eigenvalue weighted by atomic mass is 10.1. The molecule has 0 aliphatic carbocycles. The lowest BCUT2D eigenvalue weighted by molar-refractivity contribution is 0.398. The molecule has 0 saturated heterocycles. The maximum atomic E-state index is 13.2. The van der Waals surface area contributed by atoms with E-state index in [1.54, 1.807) is 19.2 Å². The van der Waals surface area contributed by atoms with Gasteiger partial charge in [-0.25, -0.2) is 9.37 Å². The van der Waals surface area contributed by atoms with Gasteiger partial charge in [0.1, 0.15) is 5.82 Å². The number of hydrogen-bond acceptors (Lipinski definition) is 2. The standard InChI is InChI=1S/C12H9FINO/c1-16-12-4-2-3-11(15-12)9-7-8(13)5-6-10(9)14/h2-7H,1H3. The van der Waals surface area contributed by atoms with Crippen molar-refractivity contribution in [1.82, 2.24) is 4.98 Å². The first kappa shape index (κ1) is 11.3. The Balaban J connectivity index is 2.53. The van der Waals surface area contributed by atoms with Crippen molar-refractivity contribution in [2.75, 3.05) is 7.11 Å². The van der Waals surface area contributed by atoms with Crippen LogP contribution < -0.4 is 4.74 Å². The van der Waals surface area contributed by atoms with Gasteiger partial charge >= 0.3 is 0 Å². The third kappa shape index (κ3) is 2.32. The van der Waals surface area contributed by atoms with E-state index in [9.17, 15) is 4.39 Å². The summed E-state index contributed by atoms with van der Waals surface area (Å²) in [5, 5.41) is 0. The number of nitrogens with zero attached hydrogens (tertiary/aromatic N) is 1. The highest BCUT2D eigenvalue weighted by molar-refractivity contribution is 14.1. The maximum absolute atomic E-state index is 13.2. The van der Waals surface area contributed by atoms with Gasteiger partial charge in [-0.3, -0.25) is 0 Å². The van der Waals surface area contributed by atoms with Gasteiger partial charge < -0.3 is 4.74 Å². The highest BCUT2D eigenvalue weighted by atomic mass is 127. The zero-order valence-electron chi connectivity index (χ0n) is 8.58. The second-order valence-corrected chi connectivity index (χ2v) is 4.35. The first-order chi connectivity index (χ1) is 7.70. The molecule has 1 aromatic carbocycles. The number of aromatic nitrogens is 1. The Bertz CT molecular complexity index is 516. The summed E-state index contributed by atoms with van der Waals surface area (Å²) in [5.41, 5.74) is 1.49. The fourth-order valence-corrected chi connectivity index (χ4v) is 1.98. The van der Waals surface area contributed by atoms with Crippen molar-refractivity contribution in [3.8, 4) is 17.1 Å². The predicted molar refractivity (Wildman–Crippen MR) is 68.9 cm³/mol. The second-order valence-electron chi connectivity index (χ2n) is 3.19. The minimum atomic E-state index is -0.264. The summed E-state index contributed by atoms with van der Waals surface area (Å²) in [6, 6.07) is 10.1.